The van der Waals surface area contributed by atoms with Gasteiger partial charge in [0.2, 0.25) is 10.0 Å². The molecule has 6 heteroatoms. The quantitative estimate of drug-likeness (QED) is 0.822. The van der Waals surface area contributed by atoms with Crippen LogP contribution < -0.4 is 5.32 Å². The second-order valence-electron chi connectivity index (χ2n) is 4.16. The van der Waals surface area contributed by atoms with Gasteiger partial charge in [-0.3, -0.25) is 0 Å². The fourth-order valence-electron chi connectivity index (χ4n) is 1.88. The summed E-state index contributed by atoms with van der Waals surface area (Å²) < 4.78 is 31.8. The van der Waals surface area contributed by atoms with E-state index in [0.29, 0.717) is 31.2 Å². The van der Waals surface area contributed by atoms with Gasteiger partial charge in [0.15, 0.2) is 0 Å². The van der Waals surface area contributed by atoms with E-state index in [2.05, 4.69) is 5.32 Å². The molecule has 18 heavy (non-hydrogen) atoms. The second kappa shape index (κ2) is 6.36. The SMILES string of the molecule is CCCN(CC)S(=O)(=O)c1cc(CNC)oc1C. The third-order valence-electron chi connectivity index (χ3n) is 2.72. The molecule has 104 valence electrons. The molecule has 1 aromatic rings. The minimum absolute atomic E-state index is 0.281. The third-order valence-corrected chi connectivity index (χ3v) is 4.80. The van der Waals surface area contributed by atoms with Crippen molar-refractivity contribution in [2.24, 2.45) is 0 Å². The minimum atomic E-state index is -3.43. The van der Waals surface area contributed by atoms with Crippen LogP contribution in [0.2, 0.25) is 0 Å². The first kappa shape index (κ1) is 15.2. The molecule has 0 saturated heterocycles. The molecule has 1 heterocycles. The molecule has 1 N–H and O–H groups in total. The van der Waals surface area contributed by atoms with Crippen molar-refractivity contribution in [2.75, 3.05) is 20.1 Å². The molecule has 0 aromatic carbocycles. The summed E-state index contributed by atoms with van der Waals surface area (Å²) >= 11 is 0. The molecule has 1 aromatic heterocycles. The number of nitrogens with zero attached hydrogens (tertiary/aromatic N) is 1. The Morgan fingerprint density at radius 3 is 2.56 bits per heavy atom. The molecule has 0 amide bonds. The molecule has 1 rings (SSSR count). The van der Waals surface area contributed by atoms with Crippen molar-refractivity contribution in [3.8, 4) is 0 Å². The van der Waals surface area contributed by atoms with Crippen molar-refractivity contribution in [3.63, 3.8) is 0 Å². The molecule has 0 unspecified atom stereocenters. The van der Waals surface area contributed by atoms with E-state index in [4.69, 9.17) is 4.42 Å². The highest BCUT2D eigenvalue weighted by atomic mass is 32.2. The fourth-order valence-corrected chi connectivity index (χ4v) is 3.60. The highest BCUT2D eigenvalue weighted by molar-refractivity contribution is 7.89. The topological polar surface area (TPSA) is 62.6 Å². The Balaban J connectivity index is 3.10. The van der Waals surface area contributed by atoms with Gasteiger partial charge in [-0.1, -0.05) is 13.8 Å². The maximum Gasteiger partial charge on any atom is 0.246 e. The molecule has 0 saturated carbocycles. The Hall–Kier alpha value is -0.850. The summed E-state index contributed by atoms with van der Waals surface area (Å²) in [4.78, 5) is 0.281. The van der Waals surface area contributed by atoms with Crippen molar-refractivity contribution in [2.45, 2.75) is 38.6 Å². The van der Waals surface area contributed by atoms with Crippen LogP contribution in [0.25, 0.3) is 0 Å². The van der Waals surface area contributed by atoms with E-state index in [1.54, 1.807) is 20.0 Å². The fraction of sp³-hybridized carbons (Fsp3) is 0.667. The number of hydrogen-bond donors (Lipinski definition) is 1. The third kappa shape index (κ3) is 3.13. The lowest BCUT2D eigenvalue weighted by Crippen LogP contribution is -2.31. The minimum Gasteiger partial charge on any atom is -0.464 e. The predicted octanol–water partition coefficient (Wildman–Crippen LogP) is 1.73. The first-order chi connectivity index (χ1) is 8.47. The van der Waals surface area contributed by atoms with Gasteiger partial charge in [0.05, 0.1) is 6.54 Å². The van der Waals surface area contributed by atoms with E-state index < -0.39 is 10.0 Å². The molecule has 0 radical (unpaired) electrons. The first-order valence-electron chi connectivity index (χ1n) is 6.21. The maximum absolute atomic E-state index is 12.4. The standard InChI is InChI=1S/C12H22N2O3S/c1-5-7-14(6-2)18(15,16)12-8-11(9-13-4)17-10(12)3/h8,13H,5-7,9H2,1-4H3. The molecule has 0 aliphatic rings. The van der Waals surface area contributed by atoms with Crippen LogP contribution in [0.1, 0.15) is 31.8 Å². The van der Waals surface area contributed by atoms with Gasteiger partial charge in [-0.15, -0.1) is 0 Å². The molecular formula is C12H22N2O3S. The molecule has 0 spiro atoms. The van der Waals surface area contributed by atoms with Crippen molar-refractivity contribution in [1.29, 1.82) is 0 Å². The van der Waals surface area contributed by atoms with E-state index in [1.807, 2.05) is 13.8 Å². The van der Waals surface area contributed by atoms with Gasteiger partial charge in [-0.25, -0.2) is 8.42 Å². The summed E-state index contributed by atoms with van der Waals surface area (Å²) in [7, 11) is -1.64. The predicted molar refractivity (Wildman–Crippen MR) is 70.9 cm³/mol. The molecule has 0 bridgehead atoms. The van der Waals surface area contributed by atoms with Crippen LogP contribution in [0.3, 0.4) is 0 Å². The van der Waals surface area contributed by atoms with Gasteiger partial charge in [-0.05, 0) is 20.4 Å². The molecule has 0 fully saturated rings. The van der Waals surface area contributed by atoms with E-state index in [9.17, 15) is 8.42 Å². The molecule has 0 atom stereocenters. The van der Waals surface area contributed by atoms with Gasteiger partial charge in [0.1, 0.15) is 16.4 Å². The van der Waals surface area contributed by atoms with Crippen LogP contribution in [0, 0.1) is 6.92 Å². The zero-order valence-corrected chi connectivity index (χ0v) is 12.3. The number of furan rings is 1. The van der Waals surface area contributed by atoms with E-state index in [-0.39, 0.29) is 4.90 Å². The van der Waals surface area contributed by atoms with Crippen LogP contribution in [-0.2, 0) is 16.6 Å². The number of sulfonamides is 1. The highest BCUT2D eigenvalue weighted by Gasteiger charge is 2.27. The average molecular weight is 274 g/mol. The van der Waals surface area contributed by atoms with Crippen molar-refractivity contribution >= 4 is 10.0 Å². The smallest absolute Gasteiger partial charge is 0.246 e. The number of hydrogen-bond acceptors (Lipinski definition) is 4. The molecule has 0 aliphatic carbocycles. The van der Waals surface area contributed by atoms with Gasteiger partial charge in [0.25, 0.3) is 0 Å². The monoisotopic (exact) mass is 274 g/mol. The van der Waals surface area contributed by atoms with Crippen LogP contribution in [0.5, 0.6) is 0 Å². The Kier molecular flexibility index (Phi) is 5.37. The number of aryl methyl sites for hydroxylation is 1. The Bertz CT molecular complexity index is 480. The van der Waals surface area contributed by atoms with Crippen LogP contribution in [-0.4, -0.2) is 32.9 Å². The van der Waals surface area contributed by atoms with Crippen molar-refractivity contribution in [3.05, 3.63) is 17.6 Å². The van der Waals surface area contributed by atoms with Crippen LogP contribution in [0.15, 0.2) is 15.4 Å². The van der Waals surface area contributed by atoms with Crippen LogP contribution >= 0.6 is 0 Å². The second-order valence-corrected chi connectivity index (χ2v) is 6.07. The average Bonchev–Trinajstić information content (AvgIpc) is 2.68. The molecule has 5 nitrogen and oxygen atoms in total. The van der Waals surface area contributed by atoms with Gasteiger partial charge in [0, 0.05) is 19.2 Å². The lowest BCUT2D eigenvalue weighted by Gasteiger charge is -2.18. The Morgan fingerprint density at radius 2 is 2.06 bits per heavy atom. The zero-order chi connectivity index (χ0) is 13.8. The molecule has 0 aliphatic heterocycles. The summed E-state index contributed by atoms with van der Waals surface area (Å²) in [5, 5.41) is 2.94. The zero-order valence-electron chi connectivity index (χ0n) is 11.5. The van der Waals surface area contributed by atoms with Gasteiger partial charge < -0.3 is 9.73 Å². The highest BCUT2D eigenvalue weighted by Crippen LogP contribution is 2.23. The van der Waals surface area contributed by atoms with Gasteiger partial charge >= 0.3 is 0 Å². The summed E-state index contributed by atoms with van der Waals surface area (Å²) in [5.74, 6) is 1.09. The molecular weight excluding hydrogens is 252 g/mol. The van der Waals surface area contributed by atoms with E-state index >= 15 is 0 Å². The van der Waals surface area contributed by atoms with E-state index in [0.717, 1.165) is 6.42 Å². The first-order valence-corrected chi connectivity index (χ1v) is 7.65. The van der Waals surface area contributed by atoms with Crippen molar-refractivity contribution < 1.29 is 12.8 Å². The normalized spacial score (nSPS) is 12.3. The van der Waals surface area contributed by atoms with E-state index in [1.165, 1.54) is 4.31 Å². The summed E-state index contributed by atoms with van der Waals surface area (Å²) in [6, 6.07) is 1.61. The lowest BCUT2D eigenvalue weighted by atomic mass is 10.4. The number of nitrogens with one attached hydrogen (secondary N) is 1. The Morgan fingerprint density at radius 1 is 1.39 bits per heavy atom. The van der Waals surface area contributed by atoms with Gasteiger partial charge in [-0.2, -0.15) is 4.31 Å². The summed E-state index contributed by atoms with van der Waals surface area (Å²) in [6.07, 6.45) is 0.799. The lowest BCUT2D eigenvalue weighted by molar-refractivity contribution is 0.423. The Labute approximate surface area is 109 Å². The van der Waals surface area contributed by atoms with Crippen LogP contribution in [0.4, 0.5) is 0 Å². The largest absolute Gasteiger partial charge is 0.464 e. The number of rotatable bonds is 7. The summed E-state index contributed by atoms with van der Waals surface area (Å²) in [6.45, 7) is 7.03. The summed E-state index contributed by atoms with van der Waals surface area (Å²) in [5.41, 5.74) is 0. The van der Waals surface area contributed by atoms with Crippen molar-refractivity contribution in [1.82, 2.24) is 9.62 Å². The maximum atomic E-state index is 12.4.